The van der Waals surface area contributed by atoms with Crippen LogP contribution in [0.1, 0.15) is 25.5 Å². The highest BCUT2D eigenvalue weighted by atomic mass is 16.1. The predicted octanol–water partition coefficient (Wildman–Crippen LogP) is 0.813. The minimum Gasteiger partial charge on any atom is -0.368 e. The normalized spacial score (nSPS) is 20.4. The van der Waals surface area contributed by atoms with Gasteiger partial charge < -0.3 is 5.73 Å². The quantitative estimate of drug-likeness (QED) is 0.869. The van der Waals surface area contributed by atoms with E-state index in [9.17, 15) is 10.1 Å². The van der Waals surface area contributed by atoms with Crippen LogP contribution in [0.3, 0.4) is 0 Å². The molecular formula is C14H18N4O. The third-order valence-electron chi connectivity index (χ3n) is 3.98. The van der Waals surface area contributed by atoms with Crippen molar-refractivity contribution < 1.29 is 4.79 Å². The fourth-order valence-electron chi connectivity index (χ4n) is 2.54. The van der Waals surface area contributed by atoms with Gasteiger partial charge in [0.1, 0.15) is 5.41 Å². The number of likely N-dealkylation sites (tertiary alicyclic amines) is 1. The summed E-state index contributed by atoms with van der Waals surface area (Å²) in [6.45, 7) is 3.19. The van der Waals surface area contributed by atoms with E-state index in [-0.39, 0.29) is 11.9 Å². The number of hydrogen-bond donors (Lipinski definition) is 1. The Bertz CT molecular complexity index is 486. The number of hydrogen-bond acceptors (Lipinski definition) is 4. The molecule has 0 spiro atoms. The molecule has 1 aromatic heterocycles. The van der Waals surface area contributed by atoms with Gasteiger partial charge in [-0.05, 0) is 31.9 Å². The number of pyridine rings is 1. The first-order valence-corrected chi connectivity index (χ1v) is 6.45. The molecule has 2 heterocycles. The SMILES string of the molecule is CC(C(N)=O)N1CCC(C#N)(c2ccccn2)CC1. The van der Waals surface area contributed by atoms with Crippen LogP contribution >= 0.6 is 0 Å². The smallest absolute Gasteiger partial charge is 0.234 e. The molecule has 1 atom stereocenters. The van der Waals surface area contributed by atoms with E-state index in [2.05, 4.69) is 11.1 Å². The van der Waals surface area contributed by atoms with Gasteiger partial charge in [-0.1, -0.05) is 6.07 Å². The second kappa shape index (κ2) is 5.37. The van der Waals surface area contributed by atoms with E-state index >= 15 is 0 Å². The number of rotatable bonds is 3. The number of carbonyl (C=O) groups excluding carboxylic acids is 1. The highest BCUT2D eigenvalue weighted by Gasteiger charge is 2.39. The summed E-state index contributed by atoms with van der Waals surface area (Å²) >= 11 is 0. The average Bonchev–Trinajstić information content (AvgIpc) is 2.47. The van der Waals surface area contributed by atoms with Crippen LogP contribution in [-0.2, 0) is 10.2 Å². The number of nitrogens with two attached hydrogens (primary N) is 1. The zero-order valence-electron chi connectivity index (χ0n) is 11.0. The summed E-state index contributed by atoms with van der Waals surface area (Å²) in [7, 11) is 0. The van der Waals surface area contributed by atoms with Gasteiger partial charge >= 0.3 is 0 Å². The molecule has 0 aromatic carbocycles. The topological polar surface area (TPSA) is 83.0 Å². The lowest BCUT2D eigenvalue weighted by atomic mass is 9.76. The highest BCUT2D eigenvalue weighted by molar-refractivity contribution is 5.79. The number of amides is 1. The van der Waals surface area contributed by atoms with E-state index in [1.807, 2.05) is 30.0 Å². The van der Waals surface area contributed by atoms with E-state index in [4.69, 9.17) is 5.73 Å². The number of carbonyl (C=O) groups is 1. The zero-order valence-corrected chi connectivity index (χ0v) is 11.0. The molecule has 19 heavy (non-hydrogen) atoms. The van der Waals surface area contributed by atoms with Crippen molar-refractivity contribution in [2.45, 2.75) is 31.2 Å². The van der Waals surface area contributed by atoms with Crippen molar-refractivity contribution in [2.24, 2.45) is 5.73 Å². The van der Waals surface area contributed by atoms with Crippen molar-refractivity contribution in [1.82, 2.24) is 9.88 Å². The van der Waals surface area contributed by atoms with Gasteiger partial charge in [0.15, 0.2) is 0 Å². The Balaban J connectivity index is 2.13. The second-order valence-corrected chi connectivity index (χ2v) is 5.02. The first kappa shape index (κ1) is 13.5. The van der Waals surface area contributed by atoms with Gasteiger partial charge in [-0.25, -0.2) is 0 Å². The molecule has 1 fully saturated rings. The number of aromatic nitrogens is 1. The largest absolute Gasteiger partial charge is 0.368 e. The third-order valence-corrected chi connectivity index (χ3v) is 3.98. The summed E-state index contributed by atoms with van der Waals surface area (Å²) in [6.07, 6.45) is 3.07. The van der Waals surface area contributed by atoms with Gasteiger partial charge in [-0.3, -0.25) is 14.7 Å². The van der Waals surface area contributed by atoms with Crippen LogP contribution in [0, 0.1) is 11.3 Å². The van der Waals surface area contributed by atoms with Crippen LogP contribution in [0.5, 0.6) is 0 Å². The summed E-state index contributed by atoms with van der Waals surface area (Å²) in [4.78, 5) is 17.5. The predicted molar refractivity (Wildman–Crippen MR) is 71.0 cm³/mol. The molecule has 1 aromatic rings. The second-order valence-electron chi connectivity index (χ2n) is 5.02. The molecule has 1 amide bonds. The van der Waals surface area contributed by atoms with E-state index in [0.29, 0.717) is 25.9 Å². The number of primary amides is 1. The van der Waals surface area contributed by atoms with Crippen LogP contribution in [0.4, 0.5) is 0 Å². The van der Waals surface area contributed by atoms with Gasteiger partial charge in [0.05, 0.1) is 17.8 Å². The molecule has 100 valence electrons. The molecular weight excluding hydrogens is 240 g/mol. The first-order chi connectivity index (χ1) is 9.09. The molecule has 1 aliphatic rings. The summed E-state index contributed by atoms with van der Waals surface area (Å²) in [5.74, 6) is -0.317. The fraction of sp³-hybridized carbons (Fsp3) is 0.500. The summed E-state index contributed by atoms with van der Waals surface area (Å²) in [6, 6.07) is 7.79. The molecule has 2 rings (SSSR count). The van der Waals surface area contributed by atoms with Crippen LogP contribution in [0.2, 0.25) is 0 Å². The van der Waals surface area contributed by atoms with Gasteiger partial charge in [-0.15, -0.1) is 0 Å². The van der Waals surface area contributed by atoms with E-state index in [1.165, 1.54) is 0 Å². The molecule has 0 saturated carbocycles. The zero-order chi connectivity index (χ0) is 13.9. The number of nitriles is 1. The first-order valence-electron chi connectivity index (χ1n) is 6.45. The fourth-order valence-corrected chi connectivity index (χ4v) is 2.54. The number of nitrogens with zero attached hydrogens (tertiary/aromatic N) is 3. The Hall–Kier alpha value is -1.93. The Kier molecular flexibility index (Phi) is 3.82. The maximum Gasteiger partial charge on any atom is 0.234 e. The highest BCUT2D eigenvalue weighted by Crippen LogP contribution is 2.34. The van der Waals surface area contributed by atoms with Crippen molar-refractivity contribution >= 4 is 5.91 Å². The van der Waals surface area contributed by atoms with E-state index in [0.717, 1.165) is 5.69 Å². The lowest BCUT2D eigenvalue weighted by molar-refractivity contribution is -0.123. The van der Waals surface area contributed by atoms with E-state index in [1.54, 1.807) is 6.20 Å². The maximum atomic E-state index is 11.2. The molecule has 5 nitrogen and oxygen atoms in total. The van der Waals surface area contributed by atoms with Gasteiger partial charge in [0, 0.05) is 19.3 Å². The van der Waals surface area contributed by atoms with Crippen LogP contribution in [-0.4, -0.2) is 34.9 Å². The van der Waals surface area contributed by atoms with Gasteiger partial charge in [0.2, 0.25) is 5.91 Å². The molecule has 0 aliphatic carbocycles. The molecule has 1 saturated heterocycles. The molecule has 1 unspecified atom stereocenters. The van der Waals surface area contributed by atoms with Crippen molar-refractivity contribution in [3.8, 4) is 6.07 Å². The minimum absolute atomic E-state index is 0.277. The van der Waals surface area contributed by atoms with Crippen molar-refractivity contribution in [2.75, 3.05) is 13.1 Å². The van der Waals surface area contributed by atoms with Crippen molar-refractivity contribution in [3.05, 3.63) is 30.1 Å². The molecule has 1 aliphatic heterocycles. The van der Waals surface area contributed by atoms with Gasteiger partial charge in [0.25, 0.3) is 0 Å². The maximum absolute atomic E-state index is 11.2. The van der Waals surface area contributed by atoms with Crippen LogP contribution < -0.4 is 5.73 Å². The monoisotopic (exact) mass is 258 g/mol. The van der Waals surface area contributed by atoms with E-state index < -0.39 is 5.41 Å². The van der Waals surface area contributed by atoms with Crippen molar-refractivity contribution in [3.63, 3.8) is 0 Å². The Morgan fingerprint density at radius 1 is 1.53 bits per heavy atom. The third kappa shape index (κ3) is 2.59. The van der Waals surface area contributed by atoms with Gasteiger partial charge in [-0.2, -0.15) is 5.26 Å². The summed E-state index contributed by atoms with van der Waals surface area (Å²) in [5.41, 5.74) is 5.61. The average molecular weight is 258 g/mol. The van der Waals surface area contributed by atoms with Crippen LogP contribution in [0.25, 0.3) is 0 Å². The summed E-state index contributed by atoms with van der Waals surface area (Å²) < 4.78 is 0. The van der Waals surface area contributed by atoms with Crippen LogP contribution in [0.15, 0.2) is 24.4 Å². The summed E-state index contributed by atoms with van der Waals surface area (Å²) in [5, 5.41) is 9.53. The lowest BCUT2D eigenvalue weighted by Gasteiger charge is -2.38. The van der Waals surface area contributed by atoms with Crippen molar-refractivity contribution in [1.29, 1.82) is 5.26 Å². The molecule has 0 radical (unpaired) electrons. The standard InChI is InChI=1S/C14H18N4O/c1-11(13(16)19)18-8-5-14(10-15,6-9-18)12-4-2-3-7-17-12/h2-4,7,11H,5-6,8-9H2,1H3,(H2,16,19). The lowest BCUT2D eigenvalue weighted by Crippen LogP contribution is -2.50. The number of piperidine rings is 1. The molecule has 5 heteroatoms. The Labute approximate surface area is 113 Å². The Morgan fingerprint density at radius 2 is 2.21 bits per heavy atom. The molecule has 2 N–H and O–H groups in total. The Morgan fingerprint density at radius 3 is 2.68 bits per heavy atom. The minimum atomic E-state index is -0.533. The molecule has 0 bridgehead atoms.